The molecule has 1 fully saturated rings. The molecule has 0 spiro atoms. The lowest BCUT2D eigenvalue weighted by Crippen LogP contribution is -2.42. The first-order valence-corrected chi connectivity index (χ1v) is 6.17. The summed E-state index contributed by atoms with van der Waals surface area (Å²) in [4.78, 5) is 14.8. The predicted octanol–water partition coefficient (Wildman–Crippen LogP) is 1.96. The van der Waals surface area contributed by atoms with Crippen LogP contribution in [0.3, 0.4) is 0 Å². The summed E-state index contributed by atoms with van der Waals surface area (Å²) in [6, 6.07) is 6.17. The van der Waals surface area contributed by atoms with Crippen molar-refractivity contribution >= 4 is 29.0 Å². The summed E-state index contributed by atoms with van der Waals surface area (Å²) in [5.74, 6) is -0.336. The average molecular weight is 267 g/mol. The van der Waals surface area contributed by atoms with Crippen molar-refractivity contribution in [3.63, 3.8) is 0 Å². The van der Waals surface area contributed by atoms with Crippen LogP contribution in [0.25, 0.3) is 0 Å². The highest BCUT2D eigenvalue weighted by Gasteiger charge is 2.31. The van der Waals surface area contributed by atoms with Crippen LogP contribution in [0.2, 0.25) is 0 Å². The van der Waals surface area contributed by atoms with Crippen LogP contribution < -0.4 is 10.2 Å². The number of para-hydroxylation sites is 1. The fraction of sp³-hybridized carbons (Fsp3) is 0.333. The molecule has 2 amide bonds. The number of nitrogens with one attached hydrogen (secondary N) is 1. The van der Waals surface area contributed by atoms with E-state index in [4.69, 9.17) is 12.2 Å². The second-order valence-electron chi connectivity index (χ2n) is 3.87. The summed E-state index contributed by atoms with van der Waals surface area (Å²) in [7, 11) is 0. The number of amides is 2. The molecular weight excluding hydrogens is 253 g/mol. The Hall–Kier alpha value is -1.69. The largest absolute Gasteiger partial charge is 0.338 e. The van der Waals surface area contributed by atoms with Gasteiger partial charge in [0.2, 0.25) is 0 Å². The number of carbonyl (C=O) groups is 1. The Kier molecular flexibility index (Phi) is 3.76. The molecule has 2 rings (SSSR count). The van der Waals surface area contributed by atoms with Gasteiger partial charge in [-0.3, -0.25) is 4.90 Å². The van der Waals surface area contributed by atoms with Crippen LogP contribution in [0, 0.1) is 5.82 Å². The molecule has 0 saturated carbocycles. The van der Waals surface area contributed by atoms with Crippen LogP contribution in [0.4, 0.5) is 14.9 Å². The molecule has 1 aromatic carbocycles. The quantitative estimate of drug-likeness (QED) is 0.832. The Balaban J connectivity index is 2.17. The van der Waals surface area contributed by atoms with Crippen molar-refractivity contribution in [3.8, 4) is 0 Å². The van der Waals surface area contributed by atoms with Gasteiger partial charge in [-0.1, -0.05) is 12.1 Å². The summed E-state index contributed by atoms with van der Waals surface area (Å²) in [5, 5.41) is 3.02. The van der Waals surface area contributed by atoms with Crippen molar-refractivity contribution in [2.75, 3.05) is 24.5 Å². The Labute approximate surface area is 110 Å². The van der Waals surface area contributed by atoms with Crippen molar-refractivity contribution in [1.29, 1.82) is 0 Å². The highest BCUT2D eigenvalue weighted by atomic mass is 32.1. The minimum atomic E-state index is -0.336. The van der Waals surface area contributed by atoms with Crippen molar-refractivity contribution in [2.24, 2.45) is 0 Å². The van der Waals surface area contributed by atoms with Crippen LogP contribution in [-0.4, -0.2) is 35.7 Å². The molecule has 1 aliphatic rings. The van der Waals surface area contributed by atoms with E-state index in [2.05, 4.69) is 5.32 Å². The zero-order chi connectivity index (χ0) is 13.1. The first-order chi connectivity index (χ1) is 8.65. The highest BCUT2D eigenvalue weighted by molar-refractivity contribution is 7.80. The molecule has 18 heavy (non-hydrogen) atoms. The van der Waals surface area contributed by atoms with Gasteiger partial charge in [0.15, 0.2) is 5.11 Å². The SMILES string of the molecule is CCNC(=O)N1CCN(c2ccccc2F)C1=S. The molecule has 0 aliphatic carbocycles. The van der Waals surface area contributed by atoms with Crippen molar-refractivity contribution in [3.05, 3.63) is 30.1 Å². The molecule has 4 nitrogen and oxygen atoms in total. The third-order valence-electron chi connectivity index (χ3n) is 2.73. The molecule has 96 valence electrons. The van der Waals surface area contributed by atoms with E-state index in [9.17, 15) is 9.18 Å². The fourth-order valence-electron chi connectivity index (χ4n) is 1.87. The van der Waals surface area contributed by atoms with Crippen LogP contribution in [0.15, 0.2) is 24.3 Å². The second-order valence-corrected chi connectivity index (χ2v) is 4.24. The summed E-state index contributed by atoms with van der Waals surface area (Å²) in [6.07, 6.45) is 0. The maximum Gasteiger partial charge on any atom is 0.323 e. The van der Waals surface area contributed by atoms with Gasteiger partial charge >= 0.3 is 6.03 Å². The number of hydrogen-bond acceptors (Lipinski definition) is 2. The molecule has 0 atom stereocenters. The summed E-state index contributed by atoms with van der Waals surface area (Å²) in [5.41, 5.74) is 0.411. The number of anilines is 1. The highest BCUT2D eigenvalue weighted by Crippen LogP contribution is 2.23. The van der Waals surface area contributed by atoms with Gasteiger partial charge in [0.25, 0.3) is 0 Å². The Bertz CT molecular complexity index is 480. The number of nitrogens with zero attached hydrogens (tertiary/aromatic N) is 2. The Morgan fingerprint density at radius 2 is 2.17 bits per heavy atom. The van der Waals surface area contributed by atoms with Gasteiger partial charge < -0.3 is 10.2 Å². The summed E-state index contributed by atoms with van der Waals surface area (Å²) in [6.45, 7) is 3.36. The molecular formula is C12H14FN3OS. The van der Waals surface area contributed by atoms with Crippen LogP contribution >= 0.6 is 12.2 Å². The van der Waals surface area contributed by atoms with Crippen LogP contribution in [0.1, 0.15) is 6.92 Å². The third kappa shape index (κ3) is 2.28. The van der Waals surface area contributed by atoms with Crippen molar-refractivity contribution in [1.82, 2.24) is 10.2 Å². The molecule has 1 aliphatic heterocycles. The van der Waals surface area contributed by atoms with Crippen molar-refractivity contribution < 1.29 is 9.18 Å². The minimum absolute atomic E-state index is 0.235. The number of urea groups is 1. The number of thiocarbonyl (C=S) groups is 1. The average Bonchev–Trinajstić information content (AvgIpc) is 2.72. The second kappa shape index (κ2) is 5.30. The summed E-state index contributed by atoms with van der Waals surface area (Å²) < 4.78 is 13.7. The third-order valence-corrected chi connectivity index (χ3v) is 3.17. The van der Waals surface area contributed by atoms with E-state index < -0.39 is 0 Å². The van der Waals surface area contributed by atoms with E-state index in [-0.39, 0.29) is 11.8 Å². The fourth-order valence-corrected chi connectivity index (χ4v) is 2.23. The standard InChI is InChI=1S/C12H14FN3OS/c1-2-14-11(17)16-8-7-15(12(16)18)10-6-4-3-5-9(10)13/h3-6H,2,7-8H2,1H3,(H,14,17). The zero-order valence-corrected chi connectivity index (χ0v) is 10.8. The van der Waals surface area contributed by atoms with Crippen LogP contribution in [-0.2, 0) is 0 Å². The monoisotopic (exact) mass is 267 g/mol. The smallest absolute Gasteiger partial charge is 0.323 e. The number of hydrogen-bond donors (Lipinski definition) is 1. The first-order valence-electron chi connectivity index (χ1n) is 5.76. The molecule has 0 radical (unpaired) electrons. The van der Waals surface area contributed by atoms with Gasteiger partial charge in [-0.2, -0.15) is 0 Å². The lowest BCUT2D eigenvalue weighted by Gasteiger charge is -2.21. The van der Waals surface area contributed by atoms with Crippen molar-refractivity contribution in [2.45, 2.75) is 6.92 Å². The normalized spacial score (nSPS) is 15.1. The number of halogens is 1. The van der Waals surface area contributed by atoms with E-state index in [0.29, 0.717) is 30.4 Å². The van der Waals surface area contributed by atoms with E-state index in [1.54, 1.807) is 23.1 Å². The molecule has 1 heterocycles. The first kappa shape index (κ1) is 12.8. The minimum Gasteiger partial charge on any atom is -0.338 e. The van der Waals surface area contributed by atoms with E-state index in [1.807, 2.05) is 6.92 Å². The van der Waals surface area contributed by atoms with Gasteiger partial charge in [-0.05, 0) is 31.3 Å². The molecule has 1 N–H and O–H groups in total. The Morgan fingerprint density at radius 1 is 1.44 bits per heavy atom. The van der Waals surface area contributed by atoms with Gasteiger partial charge in [0.1, 0.15) is 5.82 Å². The lowest BCUT2D eigenvalue weighted by molar-refractivity contribution is 0.225. The number of rotatable bonds is 2. The number of carbonyl (C=O) groups excluding carboxylic acids is 1. The van der Waals surface area contributed by atoms with Gasteiger partial charge in [0, 0.05) is 19.6 Å². The van der Waals surface area contributed by atoms with E-state index >= 15 is 0 Å². The molecule has 0 aromatic heterocycles. The maximum atomic E-state index is 13.7. The Morgan fingerprint density at radius 3 is 2.83 bits per heavy atom. The molecule has 6 heteroatoms. The van der Waals surface area contributed by atoms with Gasteiger partial charge in [-0.15, -0.1) is 0 Å². The zero-order valence-electron chi connectivity index (χ0n) is 10.0. The molecule has 0 unspecified atom stereocenters. The van der Waals surface area contributed by atoms with Gasteiger partial charge in [0.05, 0.1) is 5.69 Å². The molecule has 1 aromatic rings. The van der Waals surface area contributed by atoms with Gasteiger partial charge in [-0.25, -0.2) is 9.18 Å². The summed E-state index contributed by atoms with van der Waals surface area (Å²) >= 11 is 5.22. The van der Waals surface area contributed by atoms with Crippen LogP contribution in [0.5, 0.6) is 0 Å². The molecule has 1 saturated heterocycles. The topological polar surface area (TPSA) is 35.6 Å². The predicted molar refractivity (Wildman–Crippen MR) is 72.1 cm³/mol. The maximum absolute atomic E-state index is 13.7. The lowest BCUT2D eigenvalue weighted by atomic mass is 10.3. The number of benzene rings is 1. The van der Waals surface area contributed by atoms with E-state index in [1.165, 1.54) is 11.0 Å². The van der Waals surface area contributed by atoms with E-state index in [0.717, 1.165) is 0 Å². The molecule has 0 bridgehead atoms.